The third kappa shape index (κ3) is 2.64. The summed E-state index contributed by atoms with van der Waals surface area (Å²) in [7, 11) is -3.48. The smallest absolute Gasteiger partial charge is 0.264 e. The Morgan fingerprint density at radius 1 is 1.26 bits per heavy atom. The maximum Gasteiger partial charge on any atom is 0.264 e. The standard InChI is InChI=1S/C13H17NO4S/c1-13(2)10-6-4-5-7-11(10)14(12(13)15)8-9-18-19(3,16)17/h4-7H,8-9H2,1-3H3. The lowest BCUT2D eigenvalue weighted by molar-refractivity contribution is -0.122. The largest absolute Gasteiger partial charge is 0.309 e. The number of carbonyl (C=O) groups excluding carboxylic acids is 1. The van der Waals surface area contributed by atoms with Gasteiger partial charge in [0, 0.05) is 5.69 Å². The van der Waals surface area contributed by atoms with E-state index in [1.165, 1.54) is 0 Å². The van der Waals surface area contributed by atoms with Gasteiger partial charge in [0.25, 0.3) is 10.1 Å². The zero-order chi connectivity index (χ0) is 14.3. The Bertz CT molecular complexity index is 607. The molecular weight excluding hydrogens is 266 g/mol. The highest BCUT2D eigenvalue weighted by Crippen LogP contribution is 2.40. The first-order valence-electron chi connectivity index (χ1n) is 5.99. The van der Waals surface area contributed by atoms with Crippen LogP contribution in [-0.2, 0) is 24.5 Å². The molecule has 1 aliphatic heterocycles. The van der Waals surface area contributed by atoms with Crippen molar-refractivity contribution in [2.24, 2.45) is 0 Å². The lowest BCUT2D eigenvalue weighted by Gasteiger charge is -2.20. The molecule has 0 fully saturated rings. The molecular formula is C13H17NO4S. The summed E-state index contributed by atoms with van der Waals surface area (Å²) in [6, 6.07) is 7.54. The fourth-order valence-electron chi connectivity index (χ4n) is 2.30. The zero-order valence-electron chi connectivity index (χ0n) is 11.2. The molecule has 0 unspecified atom stereocenters. The number of nitrogens with zero attached hydrogens (tertiary/aromatic N) is 1. The van der Waals surface area contributed by atoms with E-state index in [1.54, 1.807) is 4.90 Å². The number of para-hydroxylation sites is 1. The van der Waals surface area contributed by atoms with E-state index < -0.39 is 15.5 Å². The maximum absolute atomic E-state index is 12.4. The molecule has 0 bridgehead atoms. The first kappa shape index (κ1) is 14.0. The molecule has 1 heterocycles. The average Bonchev–Trinajstić information content (AvgIpc) is 2.50. The molecule has 5 nitrogen and oxygen atoms in total. The number of fused-ring (bicyclic) bond motifs is 1. The van der Waals surface area contributed by atoms with Gasteiger partial charge >= 0.3 is 0 Å². The van der Waals surface area contributed by atoms with Crippen LogP contribution >= 0.6 is 0 Å². The Hall–Kier alpha value is -1.40. The minimum Gasteiger partial charge on any atom is -0.309 e. The van der Waals surface area contributed by atoms with Crippen molar-refractivity contribution in [2.45, 2.75) is 19.3 Å². The second-order valence-corrected chi connectivity index (χ2v) is 6.77. The van der Waals surface area contributed by atoms with Crippen LogP contribution in [0.4, 0.5) is 5.69 Å². The summed E-state index contributed by atoms with van der Waals surface area (Å²) in [5.41, 5.74) is 1.20. The highest BCUT2D eigenvalue weighted by Gasteiger charge is 2.43. The highest BCUT2D eigenvalue weighted by molar-refractivity contribution is 7.85. The molecule has 0 radical (unpaired) electrons. The van der Waals surface area contributed by atoms with Gasteiger partial charge < -0.3 is 4.90 Å². The number of hydrogen-bond donors (Lipinski definition) is 0. The fourth-order valence-corrected chi connectivity index (χ4v) is 2.68. The molecule has 0 atom stereocenters. The van der Waals surface area contributed by atoms with Crippen LogP contribution in [0.2, 0.25) is 0 Å². The number of rotatable bonds is 4. The van der Waals surface area contributed by atoms with Crippen LogP contribution in [0.5, 0.6) is 0 Å². The van der Waals surface area contributed by atoms with Gasteiger partial charge in [-0.05, 0) is 25.5 Å². The number of hydrogen-bond acceptors (Lipinski definition) is 4. The van der Waals surface area contributed by atoms with Gasteiger partial charge in [-0.15, -0.1) is 0 Å². The molecule has 1 aliphatic rings. The van der Waals surface area contributed by atoms with Crippen molar-refractivity contribution in [3.63, 3.8) is 0 Å². The van der Waals surface area contributed by atoms with Crippen LogP contribution in [-0.4, -0.2) is 33.7 Å². The zero-order valence-corrected chi connectivity index (χ0v) is 12.0. The molecule has 0 aromatic heterocycles. The lowest BCUT2D eigenvalue weighted by atomic mass is 9.86. The van der Waals surface area contributed by atoms with E-state index in [-0.39, 0.29) is 19.1 Å². The average molecular weight is 283 g/mol. The van der Waals surface area contributed by atoms with Crippen molar-refractivity contribution in [3.8, 4) is 0 Å². The van der Waals surface area contributed by atoms with E-state index in [4.69, 9.17) is 4.18 Å². The molecule has 1 aromatic rings. The van der Waals surface area contributed by atoms with Crippen molar-refractivity contribution in [2.75, 3.05) is 24.3 Å². The quantitative estimate of drug-likeness (QED) is 0.781. The van der Waals surface area contributed by atoms with Crippen LogP contribution in [0, 0.1) is 0 Å². The summed E-state index contributed by atoms with van der Waals surface area (Å²) in [5, 5.41) is 0. The summed E-state index contributed by atoms with van der Waals surface area (Å²) in [5.74, 6) is -0.0363. The van der Waals surface area contributed by atoms with Gasteiger partial charge in [0.15, 0.2) is 0 Å². The molecule has 104 valence electrons. The highest BCUT2D eigenvalue weighted by atomic mass is 32.2. The van der Waals surface area contributed by atoms with E-state index in [1.807, 2.05) is 38.1 Å². The monoisotopic (exact) mass is 283 g/mol. The molecule has 0 saturated heterocycles. The van der Waals surface area contributed by atoms with Gasteiger partial charge in [0.1, 0.15) is 0 Å². The van der Waals surface area contributed by atoms with Crippen molar-refractivity contribution >= 4 is 21.7 Å². The van der Waals surface area contributed by atoms with Crippen LogP contribution in [0.15, 0.2) is 24.3 Å². The summed E-state index contributed by atoms with van der Waals surface area (Å²) < 4.78 is 26.6. The Morgan fingerprint density at radius 2 is 1.89 bits per heavy atom. The van der Waals surface area contributed by atoms with Crippen LogP contribution in [0.25, 0.3) is 0 Å². The minimum absolute atomic E-state index is 0.0328. The van der Waals surface area contributed by atoms with Gasteiger partial charge in [-0.3, -0.25) is 8.98 Å². The third-order valence-electron chi connectivity index (χ3n) is 3.26. The fraction of sp³-hybridized carbons (Fsp3) is 0.462. The Kier molecular flexibility index (Phi) is 3.40. The van der Waals surface area contributed by atoms with Gasteiger partial charge in [0.05, 0.1) is 24.8 Å². The summed E-state index contributed by atoms with van der Waals surface area (Å²) >= 11 is 0. The molecule has 0 N–H and O–H groups in total. The Labute approximate surface area is 113 Å². The van der Waals surface area contributed by atoms with Crippen molar-refractivity contribution in [3.05, 3.63) is 29.8 Å². The molecule has 0 aliphatic carbocycles. The molecule has 1 aromatic carbocycles. The first-order chi connectivity index (χ1) is 8.73. The Balaban J connectivity index is 2.21. The number of amides is 1. The lowest BCUT2D eigenvalue weighted by Crippen LogP contribution is -2.38. The first-order valence-corrected chi connectivity index (χ1v) is 7.81. The van der Waals surface area contributed by atoms with Gasteiger partial charge in [0.2, 0.25) is 5.91 Å². The molecule has 2 rings (SSSR count). The number of carbonyl (C=O) groups is 1. The Morgan fingerprint density at radius 3 is 2.53 bits per heavy atom. The predicted molar refractivity (Wildman–Crippen MR) is 72.6 cm³/mol. The normalized spacial score (nSPS) is 17.6. The molecule has 1 amide bonds. The van der Waals surface area contributed by atoms with Gasteiger partial charge in [-0.2, -0.15) is 8.42 Å². The summed E-state index contributed by atoms with van der Waals surface area (Å²) in [6.45, 7) is 3.93. The summed E-state index contributed by atoms with van der Waals surface area (Å²) in [6.07, 6.45) is 0.997. The third-order valence-corrected chi connectivity index (χ3v) is 3.86. The maximum atomic E-state index is 12.4. The molecule has 0 spiro atoms. The minimum atomic E-state index is -3.48. The van der Waals surface area contributed by atoms with Crippen molar-refractivity contribution < 1.29 is 17.4 Å². The molecule has 0 saturated carbocycles. The van der Waals surface area contributed by atoms with E-state index >= 15 is 0 Å². The molecule has 6 heteroatoms. The second-order valence-electron chi connectivity index (χ2n) is 5.13. The summed E-state index contributed by atoms with van der Waals surface area (Å²) in [4.78, 5) is 13.9. The van der Waals surface area contributed by atoms with Gasteiger partial charge in [-0.1, -0.05) is 18.2 Å². The van der Waals surface area contributed by atoms with Gasteiger partial charge in [-0.25, -0.2) is 0 Å². The van der Waals surface area contributed by atoms with Crippen LogP contribution in [0.1, 0.15) is 19.4 Å². The van der Waals surface area contributed by atoms with Crippen LogP contribution < -0.4 is 4.90 Å². The van der Waals surface area contributed by atoms with E-state index in [2.05, 4.69) is 0 Å². The SMILES string of the molecule is CC1(C)C(=O)N(CCOS(C)(=O)=O)c2ccccc21. The van der Waals surface area contributed by atoms with Crippen molar-refractivity contribution in [1.29, 1.82) is 0 Å². The topological polar surface area (TPSA) is 63.7 Å². The van der Waals surface area contributed by atoms with Crippen LogP contribution in [0.3, 0.4) is 0 Å². The molecule has 19 heavy (non-hydrogen) atoms. The van der Waals surface area contributed by atoms with E-state index in [0.29, 0.717) is 0 Å². The van der Waals surface area contributed by atoms with Crippen molar-refractivity contribution in [1.82, 2.24) is 0 Å². The predicted octanol–water partition coefficient (Wildman–Crippen LogP) is 1.29. The number of benzene rings is 1. The second kappa shape index (κ2) is 4.61. The van der Waals surface area contributed by atoms with E-state index in [0.717, 1.165) is 17.5 Å². The van der Waals surface area contributed by atoms with E-state index in [9.17, 15) is 13.2 Å². The number of anilines is 1.